The fourth-order valence-electron chi connectivity index (χ4n) is 3.18. The van der Waals surface area contributed by atoms with Crippen molar-refractivity contribution in [1.29, 1.82) is 0 Å². The molecule has 7 heteroatoms. The third kappa shape index (κ3) is 2.87. The summed E-state index contributed by atoms with van der Waals surface area (Å²) in [4.78, 5) is 51.6. The van der Waals surface area contributed by atoms with Crippen LogP contribution in [0, 0.1) is 0 Å². The third-order valence-corrected chi connectivity index (χ3v) is 4.72. The molecule has 1 atom stereocenters. The molecule has 1 aliphatic rings. The summed E-state index contributed by atoms with van der Waals surface area (Å²) in [5, 5.41) is 2.16. The first kappa shape index (κ1) is 18.3. The van der Waals surface area contributed by atoms with Crippen LogP contribution < -0.4 is 10.1 Å². The van der Waals surface area contributed by atoms with Crippen molar-refractivity contribution < 1.29 is 23.9 Å². The number of hydrogen-bond acceptors (Lipinski definition) is 5. The van der Waals surface area contributed by atoms with E-state index in [1.165, 1.54) is 19.2 Å². The highest BCUT2D eigenvalue weighted by atomic mass is 16.5. The Morgan fingerprint density at radius 1 is 1.04 bits per heavy atom. The van der Waals surface area contributed by atoms with Crippen LogP contribution in [-0.4, -0.2) is 35.8 Å². The van der Waals surface area contributed by atoms with Gasteiger partial charge < -0.3 is 4.74 Å². The van der Waals surface area contributed by atoms with Gasteiger partial charge in [-0.3, -0.25) is 19.7 Å². The van der Waals surface area contributed by atoms with Gasteiger partial charge in [-0.1, -0.05) is 37.3 Å². The lowest BCUT2D eigenvalue weighted by molar-refractivity contribution is -0.143. The van der Waals surface area contributed by atoms with Gasteiger partial charge in [0.15, 0.2) is 5.41 Å². The van der Waals surface area contributed by atoms with Gasteiger partial charge in [-0.25, -0.2) is 4.79 Å². The van der Waals surface area contributed by atoms with E-state index >= 15 is 0 Å². The number of carbonyl (C=O) groups is 4. The second-order valence-electron chi connectivity index (χ2n) is 6.06. The molecule has 1 saturated heterocycles. The monoisotopic (exact) mass is 366 g/mol. The van der Waals surface area contributed by atoms with Gasteiger partial charge in [-0.2, -0.15) is 4.90 Å². The maximum Gasteiger partial charge on any atom is 0.338 e. The molecule has 0 aromatic heterocycles. The Balaban J connectivity index is 2.05. The summed E-state index contributed by atoms with van der Waals surface area (Å²) in [5.41, 5.74) is -1.08. The van der Waals surface area contributed by atoms with E-state index in [-0.39, 0.29) is 12.0 Å². The van der Waals surface area contributed by atoms with Crippen molar-refractivity contribution in [2.24, 2.45) is 0 Å². The summed E-state index contributed by atoms with van der Waals surface area (Å²) in [6.45, 7) is 1.66. The summed E-state index contributed by atoms with van der Waals surface area (Å²) in [7, 11) is 1.49. The number of barbiturate groups is 1. The maximum absolute atomic E-state index is 13.2. The standard InChI is InChI=1S/C20H18N2O5/c1-3-20(14-7-5-4-6-8-14)17(24)21-19(26)22(18(20)25)16(23)13-9-11-15(27-2)12-10-13/h4-12H,3H2,1-2H3,(H,21,24,26)/t20-/m0/s1. The first-order chi connectivity index (χ1) is 13.0. The number of rotatable bonds is 4. The number of amides is 5. The SMILES string of the molecule is CC[C@]1(c2ccccc2)C(=O)NC(=O)N(C(=O)c2ccc(OC)cc2)C1=O. The summed E-state index contributed by atoms with van der Waals surface area (Å²) >= 11 is 0. The Kier molecular flexibility index (Phi) is 4.77. The van der Waals surface area contributed by atoms with Crippen LogP contribution in [0.15, 0.2) is 54.6 Å². The van der Waals surface area contributed by atoms with Gasteiger partial charge >= 0.3 is 6.03 Å². The molecule has 0 spiro atoms. The molecule has 0 bridgehead atoms. The van der Waals surface area contributed by atoms with Crippen LogP contribution in [0.4, 0.5) is 4.79 Å². The van der Waals surface area contributed by atoms with Crippen LogP contribution in [-0.2, 0) is 15.0 Å². The van der Waals surface area contributed by atoms with Gasteiger partial charge in [0.1, 0.15) is 5.75 Å². The van der Waals surface area contributed by atoms with Gasteiger partial charge in [0.2, 0.25) is 5.91 Å². The van der Waals surface area contributed by atoms with E-state index in [1.54, 1.807) is 49.4 Å². The number of imide groups is 4. The van der Waals surface area contributed by atoms with Crippen molar-refractivity contribution in [2.75, 3.05) is 7.11 Å². The number of carbonyl (C=O) groups excluding carboxylic acids is 4. The number of ether oxygens (including phenoxy) is 1. The zero-order chi connectivity index (χ0) is 19.6. The van der Waals surface area contributed by atoms with Crippen LogP contribution in [0.1, 0.15) is 29.3 Å². The zero-order valence-electron chi connectivity index (χ0n) is 14.9. The number of methoxy groups -OCH3 is 1. The molecule has 1 heterocycles. The number of nitrogens with one attached hydrogen (secondary N) is 1. The zero-order valence-corrected chi connectivity index (χ0v) is 14.9. The molecule has 1 N–H and O–H groups in total. The molecule has 0 aliphatic carbocycles. The normalized spacial score (nSPS) is 19.6. The highest BCUT2D eigenvalue weighted by Crippen LogP contribution is 2.34. The Bertz CT molecular complexity index is 908. The summed E-state index contributed by atoms with van der Waals surface area (Å²) in [5.74, 6) is -1.86. The molecule has 3 rings (SSSR count). The molecule has 0 radical (unpaired) electrons. The summed E-state index contributed by atoms with van der Waals surface area (Å²) in [6.07, 6.45) is 0.0986. The van der Waals surface area contributed by atoms with Gasteiger partial charge in [0.05, 0.1) is 7.11 Å². The molecular weight excluding hydrogens is 348 g/mol. The molecule has 0 unspecified atom stereocenters. The van der Waals surface area contributed by atoms with Crippen molar-refractivity contribution in [3.63, 3.8) is 0 Å². The van der Waals surface area contributed by atoms with Gasteiger partial charge in [-0.15, -0.1) is 0 Å². The van der Waals surface area contributed by atoms with Crippen molar-refractivity contribution in [3.8, 4) is 5.75 Å². The molecule has 1 aliphatic heterocycles. The lowest BCUT2D eigenvalue weighted by Crippen LogP contribution is -2.67. The minimum Gasteiger partial charge on any atom is -0.497 e. The minimum absolute atomic E-state index is 0.0986. The first-order valence-electron chi connectivity index (χ1n) is 8.39. The van der Waals surface area contributed by atoms with Crippen LogP contribution in [0.3, 0.4) is 0 Å². The molecule has 27 heavy (non-hydrogen) atoms. The quantitative estimate of drug-likeness (QED) is 0.662. The van der Waals surface area contributed by atoms with E-state index in [1.807, 2.05) is 0 Å². The van der Waals surface area contributed by atoms with Crippen molar-refractivity contribution >= 4 is 23.8 Å². The number of urea groups is 1. The lowest BCUT2D eigenvalue weighted by atomic mass is 9.74. The van der Waals surface area contributed by atoms with Gasteiger partial charge in [0, 0.05) is 5.56 Å². The predicted molar refractivity (Wildman–Crippen MR) is 96.1 cm³/mol. The van der Waals surface area contributed by atoms with Crippen LogP contribution >= 0.6 is 0 Å². The second-order valence-corrected chi connectivity index (χ2v) is 6.06. The van der Waals surface area contributed by atoms with Crippen LogP contribution in [0.5, 0.6) is 5.75 Å². The van der Waals surface area contributed by atoms with Crippen molar-refractivity contribution in [1.82, 2.24) is 10.2 Å². The molecule has 5 amide bonds. The Hall–Kier alpha value is -3.48. The fraction of sp³-hybridized carbons (Fsp3) is 0.200. The van der Waals surface area contributed by atoms with Gasteiger partial charge in [0.25, 0.3) is 11.8 Å². The third-order valence-electron chi connectivity index (χ3n) is 4.72. The van der Waals surface area contributed by atoms with Crippen molar-refractivity contribution in [2.45, 2.75) is 18.8 Å². The van der Waals surface area contributed by atoms with E-state index in [2.05, 4.69) is 5.32 Å². The van der Waals surface area contributed by atoms with Crippen molar-refractivity contribution in [3.05, 3.63) is 65.7 Å². The largest absolute Gasteiger partial charge is 0.497 e. The summed E-state index contributed by atoms with van der Waals surface area (Å²) < 4.78 is 5.04. The molecule has 7 nitrogen and oxygen atoms in total. The minimum atomic E-state index is -1.64. The molecule has 2 aromatic rings. The van der Waals surface area contributed by atoms with Crippen LogP contribution in [0.2, 0.25) is 0 Å². The number of hydrogen-bond donors (Lipinski definition) is 1. The molecule has 2 aromatic carbocycles. The maximum atomic E-state index is 13.2. The predicted octanol–water partition coefficient (Wildman–Crippen LogP) is 2.26. The topological polar surface area (TPSA) is 92.8 Å². The fourth-order valence-corrected chi connectivity index (χ4v) is 3.18. The lowest BCUT2D eigenvalue weighted by Gasteiger charge is -2.38. The summed E-state index contributed by atoms with van der Waals surface area (Å²) in [6, 6.07) is 13.4. The van der Waals surface area contributed by atoms with E-state index in [0.29, 0.717) is 16.2 Å². The Morgan fingerprint density at radius 2 is 1.67 bits per heavy atom. The number of nitrogens with zero attached hydrogens (tertiary/aromatic N) is 1. The van der Waals surface area contributed by atoms with E-state index < -0.39 is 29.2 Å². The highest BCUT2D eigenvalue weighted by molar-refractivity contribution is 6.30. The molecule has 0 saturated carbocycles. The second kappa shape index (κ2) is 7.03. The molecular formula is C20H18N2O5. The Morgan fingerprint density at radius 3 is 2.22 bits per heavy atom. The number of benzene rings is 2. The van der Waals surface area contributed by atoms with Gasteiger partial charge in [-0.05, 0) is 36.2 Å². The van der Waals surface area contributed by atoms with Crippen LogP contribution in [0.25, 0.3) is 0 Å². The van der Waals surface area contributed by atoms with E-state index in [0.717, 1.165) is 0 Å². The Labute approximate surface area is 155 Å². The van der Waals surface area contributed by atoms with E-state index in [4.69, 9.17) is 4.74 Å². The smallest absolute Gasteiger partial charge is 0.338 e. The van der Waals surface area contributed by atoms with E-state index in [9.17, 15) is 19.2 Å². The average Bonchev–Trinajstić information content (AvgIpc) is 2.69. The highest BCUT2D eigenvalue weighted by Gasteiger charge is 2.55. The average molecular weight is 366 g/mol. The molecule has 1 fully saturated rings. The molecule has 138 valence electrons. The first-order valence-corrected chi connectivity index (χ1v) is 8.39.